The first kappa shape index (κ1) is 16.5. The quantitative estimate of drug-likeness (QED) is 0.711. The van der Waals surface area contributed by atoms with Crippen molar-refractivity contribution in [3.05, 3.63) is 12.7 Å². The lowest BCUT2D eigenvalue weighted by Crippen LogP contribution is -2.64. The molecule has 3 rings (SSSR count). The zero-order valence-electron chi connectivity index (χ0n) is 15.1. The van der Waals surface area contributed by atoms with Gasteiger partial charge >= 0.3 is 0 Å². The Bertz CT molecular complexity index is 470. The van der Waals surface area contributed by atoms with Crippen molar-refractivity contribution in [3.63, 3.8) is 0 Å². The highest BCUT2D eigenvalue weighted by atomic mass is 16.5. The molecule has 0 radical (unpaired) electrons. The third-order valence-electron chi connectivity index (χ3n) is 7.80. The summed E-state index contributed by atoms with van der Waals surface area (Å²) in [4.78, 5) is 0. The first-order valence-electron chi connectivity index (χ1n) is 9.09. The number of fused-ring (bicyclic) bond motifs is 3. The summed E-state index contributed by atoms with van der Waals surface area (Å²) in [6.07, 6.45) is 8.48. The maximum absolute atomic E-state index is 10.5. The highest BCUT2D eigenvalue weighted by Crippen LogP contribution is 2.65. The molecule has 1 N–H and O–H groups in total. The van der Waals surface area contributed by atoms with Crippen LogP contribution >= 0.6 is 0 Å². The fourth-order valence-electron chi connectivity index (χ4n) is 6.41. The van der Waals surface area contributed by atoms with Crippen LogP contribution in [0.5, 0.6) is 0 Å². The van der Waals surface area contributed by atoms with Crippen LogP contribution in [0.15, 0.2) is 12.7 Å². The van der Waals surface area contributed by atoms with Gasteiger partial charge in [-0.25, -0.2) is 0 Å². The molecule has 3 aliphatic rings. The van der Waals surface area contributed by atoms with Crippen LogP contribution in [0, 0.1) is 22.7 Å². The zero-order valence-corrected chi connectivity index (χ0v) is 15.1. The Balaban J connectivity index is 1.95. The Morgan fingerprint density at radius 1 is 0.955 bits per heavy atom. The topological polar surface area (TPSA) is 29.5 Å². The molecule has 1 aliphatic heterocycles. The molecule has 1 unspecified atom stereocenters. The molecule has 2 heteroatoms. The van der Waals surface area contributed by atoms with E-state index in [9.17, 15) is 5.11 Å². The molecule has 126 valence electrons. The van der Waals surface area contributed by atoms with Gasteiger partial charge in [0, 0.05) is 0 Å². The standard InChI is InChI=1S/C20H34O2/c1-7-18(4)11-8-15-19(5)12-10-16(21)17(2,3)14(19)9-13-20(15,6)22-18/h7,14-16,21H,1,8-13H2,2-6H3/t14?,15-,16+,18-,19+,20-/m0/s1. The highest BCUT2D eigenvalue weighted by Gasteiger charge is 2.62. The van der Waals surface area contributed by atoms with Crippen LogP contribution in [0.25, 0.3) is 0 Å². The van der Waals surface area contributed by atoms with Crippen LogP contribution in [-0.4, -0.2) is 22.4 Å². The molecule has 0 bridgehead atoms. The molecule has 2 saturated carbocycles. The molecule has 22 heavy (non-hydrogen) atoms. The second-order valence-electron chi connectivity index (χ2n) is 9.50. The molecule has 0 aromatic carbocycles. The molecule has 6 atom stereocenters. The van der Waals surface area contributed by atoms with Crippen molar-refractivity contribution < 1.29 is 9.84 Å². The van der Waals surface area contributed by atoms with Crippen molar-refractivity contribution >= 4 is 0 Å². The number of ether oxygens (including phenoxy) is 1. The summed E-state index contributed by atoms with van der Waals surface area (Å²) in [7, 11) is 0. The zero-order chi connectivity index (χ0) is 16.4. The van der Waals surface area contributed by atoms with E-state index in [0.717, 1.165) is 25.7 Å². The number of rotatable bonds is 1. The number of aliphatic hydroxyl groups is 1. The Hall–Kier alpha value is -0.340. The predicted molar refractivity (Wildman–Crippen MR) is 90.7 cm³/mol. The van der Waals surface area contributed by atoms with Gasteiger partial charge in [0.25, 0.3) is 0 Å². The second kappa shape index (κ2) is 4.83. The van der Waals surface area contributed by atoms with E-state index in [1.807, 2.05) is 6.08 Å². The van der Waals surface area contributed by atoms with Crippen LogP contribution in [0.3, 0.4) is 0 Å². The van der Waals surface area contributed by atoms with Gasteiger partial charge in [-0.3, -0.25) is 0 Å². The third-order valence-corrected chi connectivity index (χ3v) is 7.80. The monoisotopic (exact) mass is 306 g/mol. The van der Waals surface area contributed by atoms with E-state index >= 15 is 0 Å². The first-order chi connectivity index (χ1) is 10.1. The molecule has 0 aromatic heterocycles. The summed E-state index contributed by atoms with van der Waals surface area (Å²) in [6, 6.07) is 0. The molecule has 0 amide bonds. The molecule has 0 aromatic rings. The van der Waals surface area contributed by atoms with E-state index in [0.29, 0.717) is 11.8 Å². The number of hydrogen-bond donors (Lipinski definition) is 1. The first-order valence-corrected chi connectivity index (χ1v) is 9.09. The van der Waals surface area contributed by atoms with E-state index in [4.69, 9.17) is 4.74 Å². The van der Waals surface area contributed by atoms with E-state index in [-0.39, 0.29) is 28.1 Å². The van der Waals surface area contributed by atoms with E-state index in [1.54, 1.807) is 0 Å². The largest absolute Gasteiger partial charge is 0.393 e. The second-order valence-corrected chi connectivity index (χ2v) is 9.50. The molecular weight excluding hydrogens is 272 g/mol. The van der Waals surface area contributed by atoms with Gasteiger partial charge in [0.2, 0.25) is 0 Å². The fraction of sp³-hybridized carbons (Fsp3) is 0.900. The summed E-state index contributed by atoms with van der Waals surface area (Å²) >= 11 is 0. The molecule has 3 fully saturated rings. The average Bonchev–Trinajstić information content (AvgIpc) is 2.42. The summed E-state index contributed by atoms with van der Waals surface area (Å²) in [6.45, 7) is 15.5. The van der Waals surface area contributed by atoms with Crippen molar-refractivity contribution in [2.45, 2.75) is 90.4 Å². The van der Waals surface area contributed by atoms with Crippen LogP contribution in [-0.2, 0) is 4.74 Å². The SMILES string of the molecule is C=C[C@@]1(C)CC[C@@H]2[C@](C)(CCC3C(C)(C)[C@H](O)CC[C@]32C)O1. The van der Waals surface area contributed by atoms with Gasteiger partial charge in [-0.1, -0.05) is 26.8 Å². The van der Waals surface area contributed by atoms with Crippen molar-refractivity contribution in [2.75, 3.05) is 0 Å². The summed E-state index contributed by atoms with van der Waals surface area (Å²) in [5.41, 5.74) is 0.106. The molecule has 1 saturated heterocycles. The Labute approximate surface area is 136 Å². The highest BCUT2D eigenvalue weighted by molar-refractivity contribution is 5.13. The van der Waals surface area contributed by atoms with Crippen molar-refractivity contribution in [1.29, 1.82) is 0 Å². The van der Waals surface area contributed by atoms with Crippen molar-refractivity contribution in [1.82, 2.24) is 0 Å². The van der Waals surface area contributed by atoms with Gasteiger partial charge < -0.3 is 9.84 Å². The molecule has 1 heterocycles. The lowest BCUT2D eigenvalue weighted by atomic mass is 9.44. The van der Waals surface area contributed by atoms with Gasteiger partial charge in [0.15, 0.2) is 0 Å². The third kappa shape index (κ3) is 2.13. The van der Waals surface area contributed by atoms with Gasteiger partial charge in [0.05, 0.1) is 17.3 Å². The minimum atomic E-state index is -0.169. The number of hydrogen-bond acceptors (Lipinski definition) is 2. The smallest absolute Gasteiger partial charge is 0.0839 e. The van der Waals surface area contributed by atoms with E-state index in [2.05, 4.69) is 41.2 Å². The maximum Gasteiger partial charge on any atom is 0.0839 e. The normalized spacial score (nSPS) is 54.2. The summed E-state index contributed by atoms with van der Waals surface area (Å²) < 4.78 is 6.64. The number of aliphatic hydroxyl groups excluding tert-OH is 1. The van der Waals surface area contributed by atoms with Crippen LogP contribution in [0.2, 0.25) is 0 Å². The maximum atomic E-state index is 10.5. The Morgan fingerprint density at radius 2 is 1.59 bits per heavy atom. The van der Waals surface area contributed by atoms with Gasteiger partial charge in [0.1, 0.15) is 0 Å². The van der Waals surface area contributed by atoms with Crippen LogP contribution < -0.4 is 0 Å². The average molecular weight is 306 g/mol. The molecular formula is C20H34O2. The van der Waals surface area contributed by atoms with Crippen LogP contribution in [0.4, 0.5) is 0 Å². The predicted octanol–water partition coefficient (Wildman–Crippen LogP) is 4.71. The Morgan fingerprint density at radius 3 is 2.23 bits per heavy atom. The van der Waals surface area contributed by atoms with Gasteiger partial charge in [-0.2, -0.15) is 0 Å². The minimum Gasteiger partial charge on any atom is -0.393 e. The van der Waals surface area contributed by atoms with Gasteiger partial charge in [-0.15, -0.1) is 6.58 Å². The molecule has 2 aliphatic carbocycles. The summed E-state index contributed by atoms with van der Waals surface area (Å²) in [5.74, 6) is 1.19. The Kier molecular flexibility index (Phi) is 3.63. The lowest BCUT2D eigenvalue weighted by Gasteiger charge is -2.65. The molecule has 2 nitrogen and oxygen atoms in total. The summed E-state index contributed by atoms with van der Waals surface area (Å²) in [5, 5.41) is 10.5. The van der Waals surface area contributed by atoms with Crippen molar-refractivity contribution in [2.24, 2.45) is 22.7 Å². The van der Waals surface area contributed by atoms with E-state index < -0.39 is 0 Å². The van der Waals surface area contributed by atoms with E-state index in [1.165, 1.54) is 12.8 Å². The fourth-order valence-corrected chi connectivity index (χ4v) is 6.41. The van der Waals surface area contributed by atoms with Gasteiger partial charge in [-0.05, 0) is 75.0 Å². The van der Waals surface area contributed by atoms with Crippen LogP contribution in [0.1, 0.15) is 73.1 Å². The minimum absolute atomic E-state index is 0.0213. The molecule has 0 spiro atoms. The van der Waals surface area contributed by atoms with Crippen molar-refractivity contribution in [3.8, 4) is 0 Å². The lowest BCUT2D eigenvalue weighted by molar-refractivity contribution is -0.262.